The molecule has 28 heavy (non-hydrogen) atoms. The Morgan fingerprint density at radius 3 is 2.61 bits per heavy atom. The summed E-state index contributed by atoms with van der Waals surface area (Å²) in [7, 11) is 2.18. The molecule has 1 unspecified atom stereocenters. The number of ether oxygens (including phenoxy) is 1. The Hall–Kier alpha value is -1.59. The number of aryl methyl sites for hydroxylation is 1. The predicted octanol–water partition coefficient (Wildman–Crippen LogP) is 3.16. The number of nitrogens with zero attached hydrogens (tertiary/aromatic N) is 2. The summed E-state index contributed by atoms with van der Waals surface area (Å²) in [5, 5.41) is 9.33. The zero-order valence-corrected chi connectivity index (χ0v) is 17.3. The molecular weight excluding hydrogens is 352 g/mol. The quantitative estimate of drug-likeness (QED) is 0.842. The normalized spacial score (nSPS) is 29.6. The molecule has 4 rings (SSSR count). The molecule has 0 aromatic heterocycles. The highest BCUT2D eigenvalue weighted by atomic mass is 16.5. The maximum Gasteiger partial charge on any atom is 0.306 e. The van der Waals surface area contributed by atoms with E-state index in [1.165, 1.54) is 11.1 Å². The molecule has 1 aromatic carbocycles. The number of benzene rings is 1. The number of hydrogen-bond donors (Lipinski definition) is 1. The molecular formula is C23H34N2O3. The summed E-state index contributed by atoms with van der Waals surface area (Å²) in [6.07, 6.45) is 5.89. The van der Waals surface area contributed by atoms with Crippen molar-refractivity contribution in [2.45, 2.75) is 56.9 Å². The second-order valence-electron chi connectivity index (χ2n) is 9.21. The third-order valence-corrected chi connectivity index (χ3v) is 7.47. The van der Waals surface area contributed by atoms with Gasteiger partial charge in [0.2, 0.25) is 0 Å². The number of carboxylic acids is 1. The highest BCUT2D eigenvalue weighted by Crippen LogP contribution is 2.50. The first-order valence-electron chi connectivity index (χ1n) is 10.9. The lowest BCUT2D eigenvalue weighted by Gasteiger charge is -2.37. The Bertz CT molecular complexity index is 704. The Morgan fingerprint density at radius 2 is 1.93 bits per heavy atom. The summed E-state index contributed by atoms with van der Waals surface area (Å²) in [6, 6.07) is 7.04. The van der Waals surface area contributed by atoms with Crippen LogP contribution in [0.3, 0.4) is 0 Å². The van der Waals surface area contributed by atoms with Crippen molar-refractivity contribution in [1.29, 1.82) is 0 Å². The zero-order chi connectivity index (χ0) is 19.7. The van der Waals surface area contributed by atoms with Crippen LogP contribution in [-0.2, 0) is 16.6 Å². The van der Waals surface area contributed by atoms with Crippen LogP contribution in [0.1, 0.15) is 50.2 Å². The molecule has 0 bridgehead atoms. The van der Waals surface area contributed by atoms with E-state index in [0.717, 1.165) is 77.1 Å². The monoisotopic (exact) mass is 386 g/mol. The number of aliphatic carboxylic acids is 1. The minimum atomic E-state index is -0.622. The van der Waals surface area contributed by atoms with Gasteiger partial charge in [0, 0.05) is 32.2 Å². The lowest BCUT2D eigenvalue weighted by Crippen LogP contribution is -2.49. The van der Waals surface area contributed by atoms with Gasteiger partial charge < -0.3 is 14.7 Å². The summed E-state index contributed by atoms with van der Waals surface area (Å²) in [4.78, 5) is 16.2. The van der Waals surface area contributed by atoms with Crippen LogP contribution in [0, 0.1) is 5.92 Å². The van der Waals surface area contributed by atoms with Gasteiger partial charge in [-0.05, 0) is 81.2 Å². The molecule has 5 nitrogen and oxygen atoms in total. The fraction of sp³-hybridized carbons (Fsp3) is 0.696. The molecule has 3 aliphatic rings. The molecule has 1 aromatic rings. The topological polar surface area (TPSA) is 53.0 Å². The molecule has 1 saturated carbocycles. The number of carboxylic acid groups (broad SMARTS) is 1. The Labute approximate surface area is 168 Å². The highest BCUT2D eigenvalue weighted by molar-refractivity contribution is 5.70. The van der Waals surface area contributed by atoms with Gasteiger partial charge in [0.05, 0.1) is 5.92 Å². The third kappa shape index (κ3) is 3.92. The minimum absolute atomic E-state index is 0.154. The average Bonchev–Trinajstić information content (AvgIpc) is 3.04. The summed E-state index contributed by atoms with van der Waals surface area (Å²) >= 11 is 0. The van der Waals surface area contributed by atoms with Gasteiger partial charge in [-0.15, -0.1) is 0 Å². The molecule has 2 aliphatic carbocycles. The van der Waals surface area contributed by atoms with E-state index in [1.54, 1.807) is 0 Å². The number of fused-ring (bicyclic) bond motifs is 2. The van der Waals surface area contributed by atoms with E-state index >= 15 is 0 Å². The van der Waals surface area contributed by atoms with Crippen molar-refractivity contribution in [2.75, 3.05) is 39.8 Å². The van der Waals surface area contributed by atoms with Gasteiger partial charge in [-0.3, -0.25) is 9.69 Å². The Morgan fingerprint density at radius 1 is 1.21 bits per heavy atom. The smallest absolute Gasteiger partial charge is 0.306 e. The largest absolute Gasteiger partial charge is 0.492 e. The molecule has 1 atom stereocenters. The number of carbonyl (C=O) groups is 1. The number of hydrogen-bond acceptors (Lipinski definition) is 4. The molecule has 1 spiro atoms. The van der Waals surface area contributed by atoms with E-state index in [-0.39, 0.29) is 11.3 Å². The van der Waals surface area contributed by atoms with Crippen molar-refractivity contribution in [3.8, 4) is 5.75 Å². The Kier molecular flexibility index (Phi) is 5.66. The fourth-order valence-electron chi connectivity index (χ4n) is 5.39. The van der Waals surface area contributed by atoms with Crippen LogP contribution in [0.5, 0.6) is 5.75 Å². The number of likely N-dealkylation sites (N-methyl/N-ethyl adjacent to an activating group) is 1. The van der Waals surface area contributed by atoms with Gasteiger partial charge in [0.1, 0.15) is 12.4 Å². The van der Waals surface area contributed by atoms with Crippen LogP contribution in [0.15, 0.2) is 18.2 Å². The molecule has 2 fully saturated rings. The number of rotatable bonds is 5. The summed E-state index contributed by atoms with van der Waals surface area (Å²) in [6.45, 7) is 7.45. The maximum atomic E-state index is 11.3. The van der Waals surface area contributed by atoms with E-state index < -0.39 is 5.97 Å². The van der Waals surface area contributed by atoms with Gasteiger partial charge in [0.15, 0.2) is 0 Å². The highest BCUT2D eigenvalue weighted by Gasteiger charge is 2.43. The van der Waals surface area contributed by atoms with Gasteiger partial charge >= 0.3 is 5.97 Å². The molecule has 0 radical (unpaired) electrons. The fourth-order valence-corrected chi connectivity index (χ4v) is 5.39. The van der Waals surface area contributed by atoms with Crippen LogP contribution >= 0.6 is 0 Å². The van der Waals surface area contributed by atoms with Crippen molar-refractivity contribution < 1.29 is 14.6 Å². The lowest BCUT2D eigenvalue weighted by atomic mass is 9.67. The van der Waals surface area contributed by atoms with Crippen molar-refractivity contribution in [2.24, 2.45) is 5.92 Å². The zero-order valence-electron chi connectivity index (χ0n) is 17.3. The minimum Gasteiger partial charge on any atom is -0.492 e. The van der Waals surface area contributed by atoms with Crippen LogP contribution in [-0.4, -0.2) is 66.8 Å². The predicted molar refractivity (Wildman–Crippen MR) is 110 cm³/mol. The van der Waals surface area contributed by atoms with E-state index in [9.17, 15) is 9.90 Å². The number of piperazine rings is 1. The average molecular weight is 387 g/mol. The molecule has 5 heteroatoms. The molecule has 1 heterocycles. The molecule has 1 saturated heterocycles. The van der Waals surface area contributed by atoms with Gasteiger partial charge in [-0.2, -0.15) is 0 Å². The van der Waals surface area contributed by atoms with Gasteiger partial charge in [-0.1, -0.05) is 6.07 Å². The second kappa shape index (κ2) is 8.03. The van der Waals surface area contributed by atoms with Gasteiger partial charge in [-0.25, -0.2) is 0 Å². The summed E-state index contributed by atoms with van der Waals surface area (Å²) in [5.74, 6) is 0.197. The lowest BCUT2D eigenvalue weighted by molar-refractivity contribution is -0.143. The molecule has 1 aliphatic heterocycles. The summed E-state index contributed by atoms with van der Waals surface area (Å²) < 4.78 is 6.22. The van der Waals surface area contributed by atoms with Crippen LogP contribution < -0.4 is 4.74 Å². The van der Waals surface area contributed by atoms with E-state index in [2.05, 4.69) is 42.0 Å². The maximum absolute atomic E-state index is 11.3. The van der Waals surface area contributed by atoms with E-state index in [1.807, 2.05) is 0 Å². The van der Waals surface area contributed by atoms with Gasteiger partial charge in [0.25, 0.3) is 0 Å². The van der Waals surface area contributed by atoms with Crippen molar-refractivity contribution in [1.82, 2.24) is 9.80 Å². The van der Waals surface area contributed by atoms with Crippen LogP contribution in [0.2, 0.25) is 0 Å². The summed E-state index contributed by atoms with van der Waals surface area (Å²) in [5.41, 5.74) is 3.05. The first-order valence-corrected chi connectivity index (χ1v) is 10.9. The van der Waals surface area contributed by atoms with Crippen molar-refractivity contribution >= 4 is 5.97 Å². The molecule has 1 N–H and O–H groups in total. The SMILES string of the molecule is CC(COc1ccc2c(c1)C1(CC2)CCC(C(=O)O)CC1)N1CCN(C)CC1. The Balaban J connectivity index is 1.39. The molecule has 0 amide bonds. The second-order valence-corrected chi connectivity index (χ2v) is 9.21. The van der Waals surface area contributed by atoms with Crippen molar-refractivity contribution in [3.05, 3.63) is 29.3 Å². The van der Waals surface area contributed by atoms with E-state index in [0.29, 0.717) is 6.04 Å². The first-order chi connectivity index (χ1) is 13.5. The van der Waals surface area contributed by atoms with E-state index in [4.69, 9.17) is 4.74 Å². The van der Waals surface area contributed by atoms with Crippen molar-refractivity contribution in [3.63, 3.8) is 0 Å². The van der Waals surface area contributed by atoms with Crippen LogP contribution in [0.4, 0.5) is 0 Å². The molecule has 154 valence electrons. The van der Waals surface area contributed by atoms with Crippen LogP contribution in [0.25, 0.3) is 0 Å². The standard InChI is InChI=1S/C23H34N2O3/c1-17(25-13-11-24(2)12-14-25)16-28-20-4-3-18-5-8-23(21(18)15-20)9-6-19(7-10-23)22(26)27/h3-4,15,17,19H,5-14,16H2,1-2H3,(H,26,27). The first kappa shape index (κ1) is 19.7. The third-order valence-electron chi connectivity index (χ3n) is 7.47.